The summed E-state index contributed by atoms with van der Waals surface area (Å²) in [4.78, 5) is 0. The van der Waals surface area contributed by atoms with Crippen LogP contribution in [-0.2, 0) is 4.74 Å². The minimum Gasteiger partial charge on any atom is -0.497 e. The van der Waals surface area contributed by atoms with E-state index in [2.05, 4.69) is 16.6 Å². The van der Waals surface area contributed by atoms with Gasteiger partial charge in [0.2, 0.25) is 0 Å². The van der Waals surface area contributed by atoms with Gasteiger partial charge in [0.15, 0.2) is 6.79 Å². The molecule has 110 valence electrons. The highest BCUT2D eigenvalue weighted by Gasteiger charge is 2.27. The average molecular weight is 309 g/mol. The van der Waals surface area contributed by atoms with Crippen LogP contribution in [0.1, 0.15) is 5.56 Å². The molecule has 0 radical (unpaired) electrons. The Balaban J connectivity index is 2.68. The number of methoxy groups -OCH3 is 1. The Hall–Kier alpha value is -1.58. The van der Waals surface area contributed by atoms with Crippen LogP contribution in [0.3, 0.4) is 0 Å². The molecule has 0 fully saturated rings. The van der Waals surface area contributed by atoms with Crippen LogP contribution in [0.2, 0.25) is 0 Å². The third-order valence-electron chi connectivity index (χ3n) is 2.04. The third kappa shape index (κ3) is 6.04. The number of hydrogen-bond donors (Lipinski definition) is 0. The predicted octanol–water partition coefficient (Wildman–Crippen LogP) is 3.20. The summed E-state index contributed by atoms with van der Waals surface area (Å²) in [5.41, 5.74) is 0.459. The maximum atomic E-state index is 11.9. The molecular formula is C13H12ClF3O3. The molecule has 0 aliphatic carbocycles. The fourth-order valence-corrected chi connectivity index (χ4v) is 1.32. The molecule has 1 aromatic carbocycles. The lowest BCUT2D eigenvalue weighted by Gasteiger charge is -2.11. The summed E-state index contributed by atoms with van der Waals surface area (Å²) in [6, 6.07) is 4.73. The molecule has 0 bridgehead atoms. The minimum absolute atomic E-state index is 0.126. The largest absolute Gasteiger partial charge is 0.497 e. The van der Waals surface area contributed by atoms with Crippen LogP contribution in [-0.4, -0.2) is 32.6 Å². The number of hydrogen-bond acceptors (Lipinski definition) is 3. The Kier molecular flexibility index (Phi) is 6.49. The van der Waals surface area contributed by atoms with Crippen molar-refractivity contribution in [1.29, 1.82) is 0 Å². The van der Waals surface area contributed by atoms with Gasteiger partial charge in [0.25, 0.3) is 0 Å². The molecule has 7 heteroatoms. The van der Waals surface area contributed by atoms with Crippen molar-refractivity contribution in [3.05, 3.63) is 23.8 Å². The van der Waals surface area contributed by atoms with E-state index in [4.69, 9.17) is 21.1 Å². The zero-order valence-corrected chi connectivity index (χ0v) is 11.3. The standard InChI is InChI=1S/C13H12ClF3O3/c1-18-11-4-5-12(10(7-11)3-2-6-14)20-9-19-8-13(15,16)17/h4-5,7H,6,8-9H2,1H3. The van der Waals surface area contributed by atoms with Gasteiger partial charge in [-0.3, -0.25) is 0 Å². The first kappa shape index (κ1) is 16.5. The lowest BCUT2D eigenvalue weighted by Crippen LogP contribution is -2.19. The molecular weight excluding hydrogens is 297 g/mol. The van der Waals surface area contributed by atoms with Crippen LogP contribution < -0.4 is 9.47 Å². The lowest BCUT2D eigenvalue weighted by molar-refractivity contribution is -0.186. The van der Waals surface area contributed by atoms with Gasteiger partial charge in [-0.15, -0.1) is 11.6 Å². The van der Waals surface area contributed by atoms with Gasteiger partial charge in [0, 0.05) is 0 Å². The first-order valence-electron chi connectivity index (χ1n) is 5.46. The molecule has 0 unspecified atom stereocenters. The zero-order valence-electron chi connectivity index (χ0n) is 10.6. The quantitative estimate of drug-likeness (QED) is 0.362. The van der Waals surface area contributed by atoms with Gasteiger partial charge < -0.3 is 14.2 Å². The smallest absolute Gasteiger partial charge is 0.411 e. The van der Waals surface area contributed by atoms with Crippen molar-refractivity contribution in [3.8, 4) is 23.3 Å². The first-order valence-corrected chi connectivity index (χ1v) is 6.00. The average Bonchev–Trinajstić information content (AvgIpc) is 2.40. The molecule has 1 rings (SSSR count). The van der Waals surface area contributed by atoms with Crippen molar-refractivity contribution in [2.45, 2.75) is 6.18 Å². The van der Waals surface area contributed by atoms with Gasteiger partial charge >= 0.3 is 6.18 Å². The highest BCUT2D eigenvalue weighted by molar-refractivity contribution is 6.19. The SMILES string of the molecule is COc1ccc(OCOCC(F)(F)F)c(C#CCCl)c1. The molecule has 0 aromatic heterocycles. The van der Waals surface area contributed by atoms with Gasteiger partial charge in [-0.2, -0.15) is 13.2 Å². The Labute approximate surface area is 119 Å². The van der Waals surface area contributed by atoms with E-state index in [-0.39, 0.29) is 5.88 Å². The highest BCUT2D eigenvalue weighted by Crippen LogP contribution is 2.23. The maximum Gasteiger partial charge on any atom is 0.411 e. The Morgan fingerprint density at radius 1 is 1.30 bits per heavy atom. The summed E-state index contributed by atoms with van der Waals surface area (Å²) in [6.45, 7) is -1.90. The number of halogens is 4. The Morgan fingerprint density at radius 2 is 2.05 bits per heavy atom. The van der Waals surface area contributed by atoms with Crippen molar-refractivity contribution < 1.29 is 27.4 Å². The van der Waals surface area contributed by atoms with Crippen LogP contribution in [0, 0.1) is 11.8 Å². The summed E-state index contributed by atoms with van der Waals surface area (Å²) in [7, 11) is 1.49. The number of ether oxygens (including phenoxy) is 3. The second-order valence-corrected chi connectivity index (χ2v) is 3.79. The fraction of sp³-hybridized carbons (Fsp3) is 0.385. The predicted molar refractivity (Wildman–Crippen MR) is 68.1 cm³/mol. The van der Waals surface area contributed by atoms with Crippen molar-refractivity contribution >= 4 is 11.6 Å². The summed E-state index contributed by atoms with van der Waals surface area (Å²) >= 11 is 5.46. The van der Waals surface area contributed by atoms with Crippen LogP contribution in [0.25, 0.3) is 0 Å². The normalized spacial score (nSPS) is 10.7. The monoisotopic (exact) mass is 308 g/mol. The molecule has 0 saturated heterocycles. The maximum absolute atomic E-state index is 11.9. The highest BCUT2D eigenvalue weighted by atomic mass is 35.5. The Bertz CT molecular complexity index is 492. The molecule has 0 spiro atoms. The van der Waals surface area contributed by atoms with E-state index < -0.39 is 19.6 Å². The first-order chi connectivity index (χ1) is 9.46. The van der Waals surface area contributed by atoms with E-state index >= 15 is 0 Å². The van der Waals surface area contributed by atoms with E-state index in [9.17, 15) is 13.2 Å². The van der Waals surface area contributed by atoms with Gasteiger partial charge in [0.1, 0.15) is 18.1 Å². The van der Waals surface area contributed by atoms with Gasteiger partial charge in [0.05, 0.1) is 18.6 Å². The van der Waals surface area contributed by atoms with E-state index in [1.807, 2.05) is 0 Å². The number of alkyl halides is 4. The van der Waals surface area contributed by atoms with E-state index in [1.54, 1.807) is 12.1 Å². The summed E-state index contributed by atoms with van der Waals surface area (Å²) in [5, 5.41) is 0. The molecule has 0 saturated carbocycles. The van der Waals surface area contributed by atoms with Crippen LogP contribution in [0.15, 0.2) is 18.2 Å². The van der Waals surface area contributed by atoms with E-state index in [1.165, 1.54) is 13.2 Å². The molecule has 20 heavy (non-hydrogen) atoms. The van der Waals surface area contributed by atoms with Gasteiger partial charge in [-0.1, -0.05) is 11.8 Å². The second kappa shape index (κ2) is 7.88. The summed E-state index contributed by atoms with van der Waals surface area (Å²) in [5.74, 6) is 6.33. The lowest BCUT2D eigenvalue weighted by atomic mass is 10.2. The molecule has 0 aliphatic heterocycles. The van der Waals surface area contributed by atoms with Crippen molar-refractivity contribution in [2.24, 2.45) is 0 Å². The topological polar surface area (TPSA) is 27.7 Å². The fourth-order valence-electron chi connectivity index (χ4n) is 1.25. The van der Waals surface area contributed by atoms with Crippen LogP contribution in [0.4, 0.5) is 13.2 Å². The summed E-state index contributed by atoms with van der Waals surface area (Å²) < 4.78 is 50.2. The van der Waals surface area contributed by atoms with Crippen LogP contribution in [0.5, 0.6) is 11.5 Å². The molecule has 3 nitrogen and oxygen atoms in total. The molecule has 1 aromatic rings. The number of rotatable bonds is 5. The molecule has 0 aliphatic rings. The van der Waals surface area contributed by atoms with Crippen LogP contribution >= 0.6 is 11.6 Å². The Morgan fingerprint density at radius 3 is 2.65 bits per heavy atom. The summed E-state index contributed by atoms with van der Waals surface area (Å²) in [6.07, 6.45) is -4.38. The van der Waals surface area contributed by atoms with Gasteiger partial charge in [-0.05, 0) is 18.2 Å². The van der Waals surface area contributed by atoms with E-state index in [0.717, 1.165) is 0 Å². The molecule has 0 N–H and O–H groups in total. The number of benzene rings is 1. The van der Waals surface area contributed by atoms with Gasteiger partial charge in [-0.25, -0.2) is 0 Å². The van der Waals surface area contributed by atoms with E-state index in [0.29, 0.717) is 17.1 Å². The van der Waals surface area contributed by atoms with Crippen molar-refractivity contribution in [1.82, 2.24) is 0 Å². The molecule has 0 amide bonds. The zero-order chi connectivity index (χ0) is 15.0. The second-order valence-electron chi connectivity index (χ2n) is 3.52. The molecule has 0 atom stereocenters. The van der Waals surface area contributed by atoms with Crippen molar-refractivity contribution in [2.75, 3.05) is 26.4 Å². The van der Waals surface area contributed by atoms with Crippen molar-refractivity contribution in [3.63, 3.8) is 0 Å². The molecule has 0 heterocycles. The minimum atomic E-state index is -4.38. The third-order valence-corrected chi connectivity index (χ3v) is 2.17.